The summed E-state index contributed by atoms with van der Waals surface area (Å²) < 4.78 is 26.7. The number of carbonyl (C=O) groups excluding carboxylic acids is 1. The Morgan fingerprint density at radius 3 is 2.37 bits per heavy atom. The summed E-state index contributed by atoms with van der Waals surface area (Å²) >= 11 is 1.65. The Bertz CT molecular complexity index is 1400. The topological polar surface area (TPSA) is 87.1 Å². The second-order valence-electron chi connectivity index (χ2n) is 8.43. The molecule has 1 atom stereocenters. The van der Waals surface area contributed by atoms with E-state index in [1.54, 1.807) is 25.2 Å². The number of ketones is 1. The summed E-state index contributed by atoms with van der Waals surface area (Å²) in [5.74, 6) is 5.20. The Kier molecular flexibility index (Phi) is 4.57. The van der Waals surface area contributed by atoms with Crippen molar-refractivity contribution in [2.75, 3.05) is 5.75 Å². The van der Waals surface area contributed by atoms with Crippen LogP contribution in [-0.4, -0.2) is 30.5 Å². The summed E-state index contributed by atoms with van der Waals surface area (Å²) in [5, 5.41) is 13.5. The van der Waals surface area contributed by atoms with Crippen LogP contribution in [0.3, 0.4) is 0 Å². The monoisotopic (exact) mass is 438 g/mol. The van der Waals surface area contributed by atoms with Crippen molar-refractivity contribution in [2.45, 2.75) is 38.0 Å². The molecular weight excluding hydrogens is 416 g/mol. The minimum Gasteiger partial charge on any atom is -0.362 e. The second kappa shape index (κ2) is 6.66. The van der Waals surface area contributed by atoms with Crippen LogP contribution >= 0.6 is 11.3 Å². The highest BCUT2D eigenvalue weighted by atomic mass is 32.2. The maximum absolute atomic E-state index is 12.9. The molecule has 1 aromatic heterocycles. The summed E-state index contributed by atoms with van der Waals surface area (Å²) in [6.07, 6.45) is 0. The maximum atomic E-state index is 12.9. The van der Waals surface area contributed by atoms with Gasteiger partial charge in [-0.3, -0.25) is 10.2 Å². The Labute approximate surface area is 179 Å². The van der Waals surface area contributed by atoms with Gasteiger partial charge in [-0.25, -0.2) is 8.42 Å². The van der Waals surface area contributed by atoms with E-state index < -0.39 is 20.1 Å². The summed E-state index contributed by atoms with van der Waals surface area (Å²) in [6.45, 7) is 6.39. The van der Waals surface area contributed by atoms with Crippen molar-refractivity contribution in [1.82, 2.24) is 5.32 Å². The minimum absolute atomic E-state index is 0.00770. The molecule has 0 unspecified atom stereocenters. The van der Waals surface area contributed by atoms with Crippen LogP contribution in [0.2, 0.25) is 0 Å². The second-order valence-corrected chi connectivity index (χ2v) is 12.1. The molecule has 1 saturated heterocycles. The van der Waals surface area contributed by atoms with Gasteiger partial charge in [0.2, 0.25) is 5.78 Å². The van der Waals surface area contributed by atoms with E-state index in [1.807, 2.05) is 43.3 Å². The third-order valence-electron chi connectivity index (χ3n) is 5.75. The molecule has 30 heavy (non-hydrogen) atoms. The number of rotatable bonds is 1. The Balaban J connectivity index is 1.86. The first-order chi connectivity index (χ1) is 13.9. The van der Waals surface area contributed by atoms with Crippen LogP contribution in [0.15, 0.2) is 36.4 Å². The van der Waals surface area contributed by atoms with Crippen molar-refractivity contribution in [1.29, 1.82) is 5.41 Å². The van der Waals surface area contributed by atoms with Gasteiger partial charge in [0.15, 0.2) is 9.84 Å². The number of hydrogen-bond donors (Lipinski definition) is 2. The third-order valence-corrected chi connectivity index (χ3v) is 9.62. The molecule has 1 aliphatic rings. The van der Waals surface area contributed by atoms with Gasteiger partial charge in [0.05, 0.1) is 11.3 Å². The average Bonchev–Trinajstić information content (AvgIpc) is 3.01. The van der Waals surface area contributed by atoms with E-state index in [0.717, 1.165) is 31.3 Å². The molecule has 0 spiro atoms. The Hall–Kier alpha value is -2.69. The van der Waals surface area contributed by atoms with E-state index in [9.17, 15) is 13.2 Å². The lowest BCUT2D eigenvalue weighted by Gasteiger charge is -2.43. The molecule has 0 saturated carbocycles. The predicted molar refractivity (Wildman–Crippen MR) is 123 cm³/mol. The summed E-state index contributed by atoms with van der Waals surface area (Å²) in [7, 11) is -3.51. The highest BCUT2D eigenvalue weighted by molar-refractivity contribution is 7.93. The van der Waals surface area contributed by atoms with Crippen molar-refractivity contribution < 1.29 is 13.2 Å². The fourth-order valence-electron chi connectivity index (χ4n) is 3.69. The zero-order valence-electron chi connectivity index (χ0n) is 17.2. The van der Waals surface area contributed by atoms with Gasteiger partial charge in [-0.15, -0.1) is 11.3 Å². The number of fused-ring (bicyclic) bond motifs is 3. The molecule has 3 aromatic rings. The lowest BCUT2D eigenvalue weighted by atomic mass is 9.91. The molecule has 154 valence electrons. The molecule has 0 bridgehead atoms. The van der Waals surface area contributed by atoms with Crippen LogP contribution in [0.25, 0.3) is 20.2 Å². The van der Waals surface area contributed by atoms with Gasteiger partial charge in [0.1, 0.15) is 10.6 Å². The van der Waals surface area contributed by atoms with Crippen LogP contribution in [0.4, 0.5) is 0 Å². The van der Waals surface area contributed by atoms with Gasteiger partial charge < -0.3 is 5.32 Å². The highest BCUT2D eigenvalue weighted by Gasteiger charge is 2.50. The predicted octanol–water partition coefficient (Wildman–Crippen LogP) is 3.98. The Morgan fingerprint density at radius 1 is 1.10 bits per heavy atom. The number of thiophene rings is 1. The fourth-order valence-corrected chi connectivity index (χ4v) is 6.48. The molecule has 0 amide bonds. The van der Waals surface area contributed by atoms with Crippen LogP contribution in [0.1, 0.15) is 38.8 Å². The van der Waals surface area contributed by atoms with E-state index >= 15 is 0 Å². The van der Waals surface area contributed by atoms with E-state index in [-0.39, 0.29) is 17.4 Å². The smallest absolute Gasteiger partial charge is 0.202 e. The van der Waals surface area contributed by atoms with Gasteiger partial charge in [-0.1, -0.05) is 12.0 Å². The van der Waals surface area contributed by atoms with Crippen LogP contribution in [0.5, 0.6) is 0 Å². The molecule has 2 heterocycles. The molecule has 1 aliphatic heterocycles. The number of hydrogen-bond acceptors (Lipinski definition) is 5. The molecule has 2 aromatic carbocycles. The largest absolute Gasteiger partial charge is 0.362 e. The van der Waals surface area contributed by atoms with Gasteiger partial charge in [0.25, 0.3) is 0 Å². The maximum Gasteiger partial charge on any atom is 0.202 e. The number of Topliss-reactive ketones (excluding diaryl/α,β-unsaturated/α-hetero) is 1. The normalized spacial score (nSPS) is 22.3. The van der Waals surface area contributed by atoms with Crippen molar-refractivity contribution in [3.05, 3.63) is 47.5 Å². The zero-order valence-corrected chi connectivity index (χ0v) is 18.8. The molecular formula is C23H22N2O3S2. The minimum atomic E-state index is -3.51. The highest BCUT2D eigenvalue weighted by Crippen LogP contribution is 2.39. The summed E-state index contributed by atoms with van der Waals surface area (Å²) in [5.41, 5.74) is 0.689. The Morgan fingerprint density at radius 2 is 1.73 bits per heavy atom. The van der Waals surface area contributed by atoms with E-state index in [2.05, 4.69) is 17.2 Å². The quantitative estimate of drug-likeness (QED) is 0.563. The first-order valence-corrected chi connectivity index (χ1v) is 12.0. The lowest BCUT2D eigenvalue weighted by molar-refractivity contribution is -0.111. The SMILES string of the molecule is CC(=O)C#Cc1ccc2sc3ccc([C@]4(C)CS(=O)(=O)C(C)(C)C(=N)N4)cc3c2c1. The zero-order chi connectivity index (χ0) is 21.9. The van der Waals surface area contributed by atoms with E-state index in [1.165, 1.54) is 6.92 Å². The molecule has 0 radical (unpaired) electrons. The number of amidine groups is 1. The van der Waals surface area contributed by atoms with Crippen molar-refractivity contribution in [2.24, 2.45) is 0 Å². The lowest BCUT2D eigenvalue weighted by Crippen LogP contribution is -2.63. The van der Waals surface area contributed by atoms with Gasteiger partial charge in [-0.05, 0) is 62.6 Å². The molecule has 5 nitrogen and oxygen atoms in total. The van der Waals surface area contributed by atoms with E-state index in [4.69, 9.17) is 5.41 Å². The molecule has 0 aliphatic carbocycles. The number of carbonyl (C=O) groups is 1. The number of sulfone groups is 1. The molecule has 4 rings (SSSR count). The number of benzene rings is 2. The fraction of sp³-hybridized carbons (Fsp3) is 0.304. The van der Waals surface area contributed by atoms with Crippen molar-refractivity contribution >= 4 is 53.0 Å². The van der Waals surface area contributed by atoms with Gasteiger partial charge in [-0.2, -0.15) is 0 Å². The first kappa shape index (κ1) is 20.6. The van der Waals surface area contributed by atoms with Crippen LogP contribution < -0.4 is 5.32 Å². The first-order valence-electron chi connectivity index (χ1n) is 9.52. The summed E-state index contributed by atoms with van der Waals surface area (Å²) in [6, 6.07) is 11.8. The number of nitrogens with one attached hydrogen (secondary N) is 2. The molecule has 2 N–H and O–H groups in total. The van der Waals surface area contributed by atoms with Crippen LogP contribution in [0, 0.1) is 17.3 Å². The van der Waals surface area contributed by atoms with Crippen molar-refractivity contribution in [3.63, 3.8) is 0 Å². The molecule has 1 fully saturated rings. The average molecular weight is 439 g/mol. The van der Waals surface area contributed by atoms with E-state index in [0.29, 0.717) is 0 Å². The van der Waals surface area contributed by atoms with Crippen LogP contribution in [-0.2, 0) is 20.2 Å². The van der Waals surface area contributed by atoms with Gasteiger partial charge in [0, 0.05) is 32.7 Å². The standard InChI is InChI=1S/C23H22N2O3S2/c1-14(26)5-6-15-7-9-19-17(11-15)18-12-16(8-10-20(18)29-19)23(4)13-30(27,28)22(2,3)21(24)25-23/h7-12H,13H2,1-4H3,(H2,24,25)/t23-/m0/s1. The molecule has 7 heteroatoms. The third kappa shape index (κ3) is 3.21. The summed E-state index contributed by atoms with van der Waals surface area (Å²) in [4.78, 5) is 11.2. The van der Waals surface area contributed by atoms with Gasteiger partial charge >= 0.3 is 0 Å². The van der Waals surface area contributed by atoms with Crippen molar-refractivity contribution in [3.8, 4) is 11.8 Å².